The van der Waals surface area contributed by atoms with Gasteiger partial charge in [0.2, 0.25) is 0 Å². The van der Waals surface area contributed by atoms with Crippen LogP contribution < -0.4 is 5.11 Å². The van der Waals surface area contributed by atoms with Crippen LogP contribution in [0.3, 0.4) is 0 Å². The van der Waals surface area contributed by atoms with E-state index in [1.54, 1.807) is 0 Å². The van der Waals surface area contributed by atoms with E-state index in [1.807, 2.05) is 13.8 Å². The van der Waals surface area contributed by atoms with E-state index in [1.165, 1.54) is 0 Å². The van der Waals surface area contributed by atoms with Crippen molar-refractivity contribution in [2.45, 2.75) is 20.3 Å². The summed E-state index contributed by atoms with van der Waals surface area (Å²) in [4.78, 5) is 0. The highest BCUT2D eigenvalue weighted by molar-refractivity contribution is 4.40. The summed E-state index contributed by atoms with van der Waals surface area (Å²) in [5.41, 5.74) is 0. The van der Waals surface area contributed by atoms with Crippen molar-refractivity contribution >= 4 is 0 Å². The molecular formula is C5H11O-. The molecule has 0 radical (unpaired) electrons. The molecule has 0 N–H and O–H groups in total. The molecule has 0 aromatic rings. The normalized spacial score (nSPS) is 14.5. The van der Waals surface area contributed by atoms with Gasteiger partial charge in [0, 0.05) is 0 Å². The molecular weight excluding hydrogens is 76.1 g/mol. The fourth-order valence-electron chi connectivity index (χ4n) is 0.118. The van der Waals surface area contributed by atoms with Crippen LogP contribution in [0.15, 0.2) is 0 Å². The SMILES string of the molecule is CCC(C)C[O-]. The van der Waals surface area contributed by atoms with Crippen molar-refractivity contribution in [3.8, 4) is 0 Å². The third-order valence-corrected chi connectivity index (χ3v) is 0.981. The Morgan fingerprint density at radius 1 is 1.67 bits per heavy atom. The van der Waals surface area contributed by atoms with Crippen LogP contribution in [0.4, 0.5) is 0 Å². The third-order valence-electron chi connectivity index (χ3n) is 0.981. The van der Waals surface area contributed by atoms with Gasteiger partial charge in [-0.15, -0.1) is 6.61 Å². The van der Waals surface area contributed by atoms with E-state index in [4.69, 9.17) is 0 Å². The Morgan fingerprint density at radius 2 is 2.17 bits per heavy atom. The average molecular weight is 87.1 g/mol. The molecule has 0 amide bonds. The van der Waals surface area contributed by atoms with Gasteiger partial charge in [0.25, 0.3) is 0 Å². The summed E-state index contributed by atoms with van der Waals surface area (Å²) in [5.74, 6) is 0.380. The van der Waals surface area contributed by atoms with E-state index < -0.39 is 0 Å². The van der Waals surface area contributed by atoms with Crippen molar-refractivity contribution in [2.24, 2.45) is 5.92 Å². The summed E-state index contributed by atoms with van der Waals surface area (Å²) in [5, 5.41) is 9.86. The van der Waals surface area contributed by atoms with Crippen LogP contribution in [0, 0.1) is 5.92 Å². The molecule has 38 valence electrons. The molecule has 1 atom stereocenters. The summed E-state index contributed by atoms with van der Waals surface area (Å²) in [7, 11) is 0. The second-order valence-electron chi connectivity index (χ2n) is 1.68. The van der Waals surface area contributed by atoms with Crippen LogP contribution in [0.1, 0.15) is 20.3 Å². The molecule has 0 bridgehead atoms. The minimum Gasteiger partial charge on any atom is -0.854 e. The second-order valence-corrected chi connectivity index (χ2v) is 1.68. The molecule has 0 aliphatic rings. The highest BCUT2D eigenvalue weighted by Crippen LogP contribution is 1.93. The monoisotopic (exact) mass is 87.1 g/mol. The predicted molar refractivity (Wildman–Crippen MR) is 24.3 cm³/mol. The first kappa shape index (κ1) is 5.96. The van der Waals surface area contributed by atoms with Crippen LogP contribution in [0.5, 0.6) is 0 Å². The Labute approximate surface area is 39.0 Å². The maximum Gasteiger partial charge on any atom is -0.0549 e. The molecule has 0 heterocycles. The lowest BCUT2D eigenvalue weighted by Gasteiger charge is -2.08. The number of hydrogen-bond acceptors (Lipinski definition) is 1. The highest BCUT2D eigenvalue weighted by atomic mass is 16.3. The van der Waals surface area contributed by atoms with Crippen molar-refractivity contribution in [3.63, 3.8) is 0 Å². The fraction of sp³-hybridized carbons (Fsp3) is 1.00. The molecule has 0 aromatic heterocycles. The summed E-state index contributed by atoms with van der Waals surface area (Å²) in [6.07, 6.45) is 1.02. The van der Waals surface area contributed by atoms with Gasteiger partial charge < -0.3 is 5.11 Å². The van der Waals surface area contributed by atoms with Gasteiger partial charge in [-0.1, -0.05) is 26.2 Å². The van der Waals surface area contributed by atoms with Gasteiger partial charge in [-0.2, -0.15) is 0 Å². The van der Waals surface area contributed by atoms with Crippen LogP contribution in [0.2, 0.25) is 0 Å². The molecule has 0 saturated carbocycles. The topological polar surface area (TPSA) is 23.1 Å². The fourth-order valence-corrected chi connectivity index (χ4v) is 0.118. The summed E-state index contributed by atoms with van der Waals surface area (Å²) >= 11 is 0. The van der Waals surface area contributed by atoms with Gasteiger partial charge >= 0.3 is 0 Å². The van der Waals surface area contributed by atoms with E-state index in [-0.39, 0.29) is 6.61 Å². The maximum atomic E-state index is 9.86. The Hall–Kier alpha value is -0.0400. The van der Waals surface area contributed by atoms with Gasteiger partial charge in [0.15, 0.2) is 0 Å². The average Bonchev–Trinajstić information content (AvgIpc) is 1.65. The summed E-state index contributed by atoms with van der Waals surface area (Å²) < 4.78 is 0. The van der Waals surface area contributed by atoms with Crippen molar-refractivity contribution in [2.75, 3.05) is 6.61 Å². The van der Waals surface area contributed by atoms with Gasteiger partial charge in [-0.25, -0.2) is 0 Å². The van der Waals surface area contributed by atoms with E-state index >= 15 is 0 Å². The van der Waals surface area contributed by atoms with Crippen molar-refractivity contribution in [1.29, 1.82) is 0 Å². The largest absolute Gasteiger partial charge is 0.854 e. The maximum absolute atomic E-state index is 9.86. The van der Waals surface area contributed by atoms with Gasteiger partial charge in [0.05, 0.1) is 0 Å². The number of hydrogen-bond donors (Lipinski definition) is 0. The van der Waals surface area contributed by atoms with Crippen molar-refractivity contribution in [3.05, 3.63) is 0 Å². The number of rotatable bonds is 2. The van der Waals surface area contributed by atoms with Crippen LogP contribution in [-0.4, -0.2) is 6.61 Å². The lowest BCUT2D eigenvalue weighted by molar-refractivity contribution is -0.378. The zero-order valence-electron chi connectivity index (χ0n) is 4.40. The van der Waals surface area contributed by atoms with Crippen LogP contribution in [-0.2, 0) is 0 Å². The van der Waals surface area contributed by atoms with Crippen LogP contribution in [0.25, 0.3) is 0 Å². The second kappa shape index (κ2) is 3.16. The molecule has 1 heteroatoms. The summed E-state index contributed by atoms with van der Waals surface area (Å²) in [6.45, 7) is 4.08. The third kappa shape index (κ3) is 2.21. The molecule has 0 aromatic carbocycles. The Bertz CT molecular complexity index is 23.1. The van der Waals surface area contributed by atoms with Crippen LogP contribution >= 0.6 is 0 Å². The predicted octanol–water partition coefficient (Wildman–Crippen LogP) is 0.393. The molecule has 0 aliphatic carbocycles. The van der Waals surface area contributed by atoms with E-state index in [0.29, 0.717) is 5.92 Å². The highest BCUT2D eigenvalue weighted by Gasteiger charge is 1.83. The lowest BCUT2D eigenvalue weighted by Crippen LogP contribution is -2.13. The van der Waals surface area contributed by atoms with E-state index in [0.717, 1.165) is 6.42 Å². The van der Waals surface area contributed by atoms with Crippen molar-refractivity contribution in [1.82, 2.24) is 0 Å². The van der Waals surface area contributed by atoms with Gasteiger partial charge in [-0.3, -0.25) is 0 Å². The first-order valence-electron chi connectivity index (χ1n) is 2.39. The van der Waals surface area contributed by atoms with E-state index in [9.17, 15) is 5.11 Å². The smallest absolute Gasteiger partial charge is 0.0549 e. The summed E-state index contributed by atoms with van der Waals surface area (Å²) in [6, 6.07) is 0. The quantitative estimate of drug-likeness (QED) is 0.478. The van der Waals surface area contributed by atoms with E-state index in [2.05, 4.69) is 0 Å². The van der Waals surface area contributed by atoms with Gasteiger partial charge in [0.1, 0.15) is 0 Å². The van der Waals surface area contributed by atoms with Crippen molar-refractivity contribution < 1.29 is 5.11 Å². The molecule has 1 unspecified atom stereocenters. The molecule has 0 aliphatic heterocycles. The Balaban J connectivity index is 2.75. The Morgan fingerprint density at radius 3 is 2.17 bits per heavy atom. The zero-order chi connectivity index (χ0) is 4.99. The first-order valence-corrected chi connectivity index (χ1v) is 2.39. The molecule has 1 nitrogen and oxygen atoms in total. The molecule has 0 spiro atoms. The minimum absolute atomic E-state index is 0.0799. The Kier molecular flexibility index (Phi) is 3.14. The first-order chi connectivity index (χ1) is 2.81. The molecule has 6 heavy (non-hydrogen) atoms. The standard InChI is InChI=1S/C5H11O/c1-3-5(2)4-6/h5H,3-4H2,1-2H3/q-1. The lowest BCUT2D eigenvalue weighted by atomic mass is 10.1. The molecule has 0 fully saturated rings. The zero-order valence-corrected chi connectivity index (χ0v) is 4.40. The minimum atomic E-state index is 0.0799. The molecule has 0 saturated heterocycles. The molecule has 0 rings (SSSR count). The van der Waals surface area contributed by atoms with Gasteiger partial charge in [-0.05, 0) is 0 Å².